The van der Waals surface area contributed by atoms with Crippen molar-refractivity contribution in [2.24, 2.45) is 5.10 Å². The second kappa shape index (κ2) is 10.0. The molecule has 0 saturated carbocycles. The Kier molecular flexibility index (Phi) is 6.31. The zero-order valence-corrected chi connectivity index (χ0v) is 19.2. The van der Waals surface area contributed by atoms with Crippen molar-refractivity contribution in [2.45, 2.75) is 0 Å². The molecule has 2 heterocycles. The first-order valence-electron chi connectivity index (χ1n) is 11.1. The number of carbonyl (C=O) groups is 2. The lowest BCUT2D eigenvalue weighted by Crippen LogP contribution is -2.18. The Morgan fingerprint density at radius 3 is 2.53 bits per heavy atom. The molecular formula is C28H21N3O5. The molecule has 0 saturated heterocycles. The number of H-pyrrole nitrogens is 1. The lowest BCUT2D eigenvalue weighted by Gasteiger charge is -2.09. The van der Waals surface area contributed by atoms with Gasteiger partial charge in [-0.2, -0.15) is 5.10 Å². The van der Waals surface area contributed by atoms with Crippen LogP contribution in [0.5, 0.6) is 11.5 Å². The van der Waals surface area contributed by atoms with E-state index in [0.29, 0.717) is 17.0 Å². The average molecular weight is 479 g/mol. The lowest BCUT2D eigenvalue weighted by atomic mass is 10.0. The van der Waals surface area contributed by atoms with E-state index in [9.17, 15) is 9.59 Å². The summed E-state index contributed by atoms with van der Waals surface area (Å²) in [6.07, 6.45) is 2.86. The van der Waals surface area contributed by atoms with Crippen LogP contribution in [0.3, 0.4) is 0 Å². The van der Waals surface area contributed by atoms with E-state index in [1.165, 1.54) is 25.7 Å². The van der Waals surface area contributed by atoms with Gasteiger partial charge >= 0.3 is 5.97 Å². The average Bonchev–Trinajstić information content (AvgIpc) is 3.58. The number of esters is 1. The molecule has 0 aliphatic heterocycles. The van der Waals surface area contributed by atoms with Crippen molar-refractivity contribution in [3.63, 3.8) is 0 Å². The van der Waals surface area contributed by atoms with Crippen LogP contribution >= 0.6 is 0 Å². The maximum atomic E-state index is 13.1. The molecule has 2 N–H and O–H groups in total. The summed E-state index contributed by atoms with van der Waals surface area (Å²) < 4.78 is 15.7. The fourth-order valence-electron chi connectivity index (χ4n) is 3.83. The standard InChI is InChI=1S/C28H21N3O5/c1-34-24-16-18(13-14-22(24)36-28(33)23-12-7-15-35-23)17-29-31-27(32)26-25(19-8-3-2-4-9-19)20-10-5-6-11-21(20)30-26/h2-17,30H,1H3,(H,31,32). The number of fused-ring (bicyclic) bond motifs is 1. The topological polar surface area (TPSA) is 106 Å². The van der Waals surface area contributed by atoms with Crippen LogP contribution in [0, 0.1) is 0 Å². The number of nitrogens with one attached hydrogen (secondary N) is 2. The Morgan fingerprint density at radius 2 is 1.75 bits per heavy atom. The predicted octanol–water partition coefficient (Wildman–Crippen LogP) is 5.42. The SMILES string of the molecule is COc1cc(C=NNC(=O)c2[nH]c3ccccc3c2-c2ccccc2)ccc1OC(=O)c1ccco1. The van der Waals surface area contributed by atoms with Crippen LogP contribution in [-0.2, 0) is 0 Å². The molecule has 0 spiro atoms. The normalized spacial score (nSPS) is 11.0. The van der Waals surface area contributed by atoms with Gasteiger partial charge in [0.2, 0.25) is 5.76 Å². The molecule has 0 unspecified atom stereocenters. The highest BCUT2D eigenvalue weighted by Crippen LogP contribution is 2.32. The highest BCUT2D eigenvalue weighted by Gasteiger charge is 2.19. The van der Waals surface area contributed by atoms with Crippen molar-refractivity contribution in [1.29, 1.82) is 0 Å². The molecule has 178 valence electrons. The highest BCUT2D eigenvalue weighted by molar-refractivity contribution is 6.09. The molecule has 8 heteroatoms. The number of benzene rings is 3. The van der Waals surface area contributed by atoms with E-state index in [4.69, 9.17) is 13.9 Å². The fraction of sp³-hybridized carbons (Fsp3) is 0.0357. The Labute approximate surface area is 206 Å². The number of methoxy groups -OCH3 is 1. The van der Waals surface area contributed by atoms with Gasteiger partial charge in [-0.3, -0.25) is 4.79 Å². The van der Waals surface area contributed by atoms with Gasteiger partial charge in [-0.05, 0) is 47.5 Å². The summed E-state index contributed by atoms with van der Waals surface area (Å²) in [6, 6.07) is 25.5. The minimum absolute atomic E-state index is 0.0808. The van der Waals surface area contributed by atoms with E-state index < -0.39 is 5.97 Å². The quantitative estimate of drug-likeness (QED) is 0.140. The zero-order valence-electron chi connectivity index (χ0n) is 19.2. The summed E-state index contributed by atoms with van der Waals surface area (Å²) in [5.41, 5.74) is 6.22. The van der Waals surface area contributed by atoms with Crippen LogP contribution in [-0.4, -0.2) is 30.2 Å². The van der Waals surface area contributed by atoms with E-state index in [2.05, 4.69) is 15.5 Å². The molecule has 0 radical (unpaired) electrons. The molecule has 0 aliphatic rings. The third kappa shape index (κ3) is 4.60. The van der Waals surface area contributed by atoms with Crippen LogP contribution in [0.2, 0.25) is 0 Å². The lowest BCUT2D eigenvalue weighted by molar-refractivity contribution is 0.0696. The Balaban J connectivity index is 1.34. The number of aromatic amines is 1. The molecule has 1 amide bonds. The number of rotatable bonds is 7. The van der Waals surface area contributed by atoms with Crippen molar-refractivity contribution < 1.29 is 23.5 Å². The molecular weight excluding hydrogens is 458 g/mol. The van der Waals surface area contributed by atoms with Crippen molar-refractivity contribution in [2.75, 3.05) is 7.11 Å². The summed E-state index contributed by atoms with van der Waals surface area (Å²) >= 11 is 0. The molecule has 2 aromatic heterocycles. The molecule has 5 rings (SSSR count). The predicted molar refractivity (Wildman–Crippen MR) is 135 cm³/mol. The van der Waals surface area contributed by atoms with Crippen LogP contribution < -0.4 is 14.9 Å². The van der Waals surface area contributed by atoms with Gasteiger partial charge in [0, 0.05) is 16.5 Å². The highest BCUT2D eigenvalue weighted by atomic mass is 16.6. The molecule has 0 aliphatic carbocycles. The van der Waals surface area contributed by atoms with Gasteiger partial charge in [0.1, 0.15) is 5.69 Å². The van der Waals surface area contributed by atoms with E-state index in [0.717, 1.165) is 22.0 Å². The fourth-order valence-corrected chi connectivity index (χ4v) is 3.83. The number of nitrogens with zero attached hydrogens (tertiary/aromatic N) is 1. The van der Waals surface area contributed by atoms with Crippen molar-refractivity contribution in [3.05, 3.63) is 108 Å². The monoisotopic (exact) mass is 479 g/mol. The number of hydrogen-bond acceptors (Lipinski definition) is 6. The maximum Gasteiger partial charge on any atom is 0.379 e. The van der Waals surface area contributed by atoms with Gasteiger partial charge < -0.3 is 18.9 Å². The van der Waals surface area contributed by atoms with Gasteiger partial charge in [-0.15, -0.1) is 0 Å². The first-order valence-corrected chi connectivity index (χ1v) is 11.1. The number of hydrogen-bond donors (Lipinski definition) is 2. The summed E-state index contributed by atoms with van der Waals surface area (Å²) in [5, 5.41) is 5.05. The van der Waals surface area contributed by atoms with E-state index in [-0.39, 0.29) is 17.4 Å². The van der Waals surface area contributed by atoms with Gasteiger partial charge in [-0.1, -0.05) is 48.5 Å². The summed E-state index contributed by atoms with van der Waals surface area (Å²) in [5.74, 6) is -0.383. The first kappa shape index (κ1) is 22.7. The molecule has 0 fully saturated rings. The number of ether oxygens (including phenoxy) is 2. The first-order chi connectivity index (χ1) is 17.6. The van der Waals surface area contributed by atoms with E-state index >= 15 is 0 Å². The van der Waals surface area contributed by atoms with Crippen molar-refractivity contribution in [1.82, 2.24) is 10.4 Å². The van der Waals surface area contributed by atoms with Gasteiger partial charge in [0.15, 0.2) is 11.5 Å². The Morgan fingerprint density at radius 1 is 0.944 bits per heavy atom. The molecule has 5 aromatic rings. The van der Waals surface area contributed by atoms with Crippen molar-refractivity contribution >= 4 is 29.0 Å². The third-order valence-corrected chi connectivity index (χ3v) is 5.49. The minimum atomic E-state index is -0.639. The van der Waals surface area contributed by atoms with E-state index in [1.54, 1.807) is 24.3 Å². The summed E-state index contributed by atoms with van der Waals surface area (Å²) in [6.45, 7) is 0. The van der Waals surface area contributed by atoms with Crippen LogP contribution in [0.4, 0.5) is 0 Å². The Bertz CT molecular complexity index is 1550. The maximum absolute atomic E-state index is 13.1. The van der Waals surface area contributed by atoms with Gasteiger partial charge in [0.25, 0.3) is 5.91 Å². The van der Waals surface area contributed by atoms with Gasteiger partial charge in [0.05, 0.1) is 19.6 Å². The summed E-state index contributed by atoms with van der Waals surface area (Å²) in [4.78, 5) is 28.4. The molecule has 0 atom stereocenters. The van der Waals surface area contributed by atoms with Crippen LogP contribution in [0.25, 0.3) is 22.0 Å². The number of amides is 1. The van der Waals surface area contributed by atoms with Crippen LogP contribution in [0.1, 0.15) is 26.6 Å². The number of para-hydroxylation sites is 1. The number of furan rings is 1. The third-order valence-electron chi connectivity index (χ3n) is 5.49. The van der Waals surface area contributed by atoms with Crippen molar-refractivity contribution in [3.8, 4) is 22.6 Å². The minimum Gasteiger partial charge on any atom is -0.493 e. The second-order valence-corrected chi connectivity index (χ2v) is 7.76. The Hall–Kier alpha value is -5.11. The van der Waals surface area contributed by atoms with Crippen LogP contribution in [0.15, 0.2) is 101 Å². The number of hydrazone groups is 1. The number of aromatic nitrogens is 1. The molecule has 0 bridgehead atoms. The smallest absolute Gasteiger partial charge is 0.379 e. The number of carbonyl (C=O) groups excluding carboxylic acids is 2. The summed E-state index contributed by atoms with van der Waals surface area (Å²) in [7, 11) is 1.46. The molecule has 3 aromatic carbocycles. The van der Waals surface area contributed by atoms with E-state index in [1.807, 2.05) is 54.6 Å². The molecule has 36 heavy (non-hydrogen) atoms. The second-order valence-electron chi connectivity index (χ2n) is 7.76. The largest absolute Gasteiger partial charge is 0.493 e. The zero-order chi connectivity index (χ0) is 24.9. The van der Waals surface area contributed by atoms with Gasteiger partial charge in [-0.25, -0.2) is 10.2 Å². The molecule has 8 nitrogen and oxygen atoms in total.